The van der Waals surface area contributed by atoms with Gasteiger partial charge in [0.05, 0.1) is 12.1 Å². The second-order valence-corrected chi connectivity index (χ2v) is 5.91. The molecule has 1 aromatic carbocycles. The van der Waals surface area contributed by atoms with Gasteiger partial charge in [-0.1, -0.05) is 24.8 Å². The summed E-state index contributed by atoms with van der Waals surface area (Å²) < 4.78 is 0. The molecule has 1 amide bonds. The molecule has 3 N–H and O–H groups in total. The lowest BCUT2D eigenvalue weighted by atomic mass is 10.0. The van der Waals surface area contributed by atoms with Gasteiger partial charge in [-0.05, 0) is 37.3 Å². The molecule has 4 heteroatoms. The molecule has 1 aromatic rings. The van der Waals surface area contributed by atoms with Crippen LogP contribution in [0.25, 0.3) is 0 Å². The summed E-state index contributed by atoms with van der Waals surface area (Å²) in [6.07, 6.45) is 0. The molecule has 3 nitrogen and oxygen atoms in total. The zero-order valence-electron chi connectivity index (χ0n) is 12.3. The standard InChI is InChI=1S/C16H22N2OS/c1-4-20-11-13(3)18-16(19)15-8-7-12(2)10-14(15)6-5-9-17/h7-8,10,13H,4,9,11,17H2,1-3H3,(H,18,19). The monoisotopic (exact) mass is 290 g/mol. The number of hydrogen-bond donors (Lipinski definition) is 2. The Morgan fingerprint density at radius 1 is 1.50 bits per heavy atom. The highest BCUT2D eigenvalue weighted by molar-refractivity contribution is 7.99. The fraction of sp³-hybridized carbons (Fsp3) is 0.438. The van der Waals surface area contributed by atoms with Crippen molar-refractivity contribution in [3.8, 4) is 11.8 Å². The van der Waals surface area contributed by atoms with Crippen molar-refractivity contribution in [3.05, 3.63) is 34.9 Å². The lowest BCUT2D eigenvalue weighted by Crippen LogP contribution is -2.34. The van der Waals surface area contributed by atoms with Crippen molar-refractivity contribution in [1.29, 1.82) is 0 Å². The van der Waals surface area contributed by atoms with Crippen LogP contribution in [-0.4, -0.2) is 30.0 Å². The first kappa shape index (κ1) is 16.6. The number of amides is 1. The number of rotatable bonds is 5. The third-order valence-electron chi connectivity index (χ3n) is 2.69. The predicted molar refractivity (Wildman–Crippen MR) is 87.0 cm³/mol. The van der Waals surface area contributed by atoms with E-state index >= 15 is 0 Å². The maximum atomic E-state index is 12.3. The van der Waals surface area contributed by atoms with Gasteiger partial charge in [0, 0.05) is 17.4 Å². The van der Waals surface area contributed by atoms with Crippen molar-refractivity contribution in [3.63, 3.8) is 0 Å². The van der Waals surface area contributed by atoms with Crippen LogP contribution in [0, 0.1) is 18.8 Å². The van der Waals surface area contributed by atoms with Crippen LogP contribution >= 0.6 is 11.8 Å². The zero-order valence-corrected chi connectivity index (χ0v) is 13.1. The summed E-state index contributed by atoms with van der Waals surface area (Å²) in [7, 11) is 0. The van der Waals surface area contributed by atoms with Gasteiger partial charge < -0.3 is 11.1 Å². The lowest BCUT2D eigenvalue weighted by Gasteiger charge is -2.14. The maximum Gasteiger partial charge on any atom is 0.252 e. The summed E-state index contributed by atoms with van der Waals surface area (Å²) in [5.41, 5.74) is 7.84. The molecule has 0 saturated heterocycles. The Hall–Kier alpha value is -1.44. The van der Waals surface area contributed by atoms with E-state index in [9.17, 15) is 4.79 Å². The van der Waals surface area contributed by atoms with Gasteiger partial charge in [0.1, 0.15) is 0 Å². The van der Waals surface area contributed by atoms with Crippen LogP contribution in [0.2, 0.25) is 0 Å². The largest absolute Gasteiger partial charge is 0.349 e. The quantitative estimate of drug-likeness (QED) is 0.817. The molecule has 0 aliphatic rings. The average Bonchev–Trinajstić information content (AvgIpc) is 2.42. The highest BCUT2D eigenvalue weighted by atomic mass is 32.2. The van der Waals surface area contributed by atoms with Gasteiger partial charge in [-0.15, -0.1) is 0 Å². The molecule has 0 saturated carbocycles. The van der Waals surface area contributed by atoms with Crippen molar-refractivity contribution in [2.45, 2.75) is 26.8 Å². The normalized spacial score (nSPS) is 11.4. The Labute approximate surface area is 125 Å². The number of nitrogens with one attached hydrogen (secondary N) is 1. The minimum absolute atomic E-state index is 0.0736. The molecule has 0 aliphatic carbocycles. The van der Waals surface area contributed by atoms with Gasteiger partial charge in [-0.25, -0.2) is 0 Å². The molecule has 1 rings (SSSR count). The third-order valence-corrected chi connectivity index (χ3v) is 3.84. The van der Waals surface area contributed by atoms with E-state index in [1.807, 2.05) is 43.8 Å². The first-order valence-corrected chi connectivity index (χ1v) is 7.92. The Morgan fingerprint density at radius 3 is 2.90 bits per heavy atom. The van der Waals surface area contributed by atoms with Crippen LogP contribution < -0.4 is 11.1 Å². The van der Waals surface area contributed by atoms with E-state index in [1.54, 1.807) is 0 Å². The van der Waals surface area contributed by atoms with Crippen LogP contribution in [-0.2, 0) is 0 Å². The van der Waals surface area contributed by atoms with E-state index in [0.717, 1.165) is 22.6 Å². The fourth-order valence-electron chi connectivity index (χ4n) is 1.74. The van der Waals surface area contributed by atoms with Gasteiger partial charge >= 0.3 is 0 Å². The van der Waals surface area contributed by atoms with Crippen LogP contribution in [0.1, 0.15) is 35.3 Å². The molecule has 0 aliphatic heterocycles. The van der Waals surface area contributed by atoms with Gasteiger partial charge in [0.15, 0.2) is 0 Å². The first-order valence-electron chi connectivity index (χ1n) is 6.76. The smallest absolute Gasteiger partial charge is 0.252 e. The second-order valence-electron chi connectivity index (χ2n) is 4.59. The van der Waals surface area contributed by atoms with E-state index in [2.05, 4.69) is 24.1 Å². The van der Waals surface area contributed by atoms with Crippen LogP contribution in [0.5, 0.6) is 0 Å². The number of nitrogens with two attached hydrogens (primary N) is 1. The number of carbonyl (C=O) groups excluding carboxylic acids is 1. The number of benzene rings is 1. The van der Waals surface area contributed by atoms with Gasteiger partial charge in [0.2, 0.25) is 0 Å². The number of aryl methyl sites for hydroxylation is 1. The molecule has 1 unspecified atom stereocenters. The molecule has 0 bridgehead atoms. The molecule has 0 aromatic heterocycles. The lowest BCUT2D eigenvalue weighted by molar-refractivity contribution is 0.0943. The number of thioether (sulfide) groups is 1. The summed E-state index contributed by atoms with van der Waals surface area (Å²) in [4.78, 5) is 12.3. The second kappa shape index (κ2) is 8.68. The molecule has 1 atom stereocenters. The number of hydrogen-bond acceptors (Lipinski definition) is 3. The van der Waals surface area contributed by atoms with Crippen molar-refractivity contribution < 1.29 is 4.79 Å². The van der Waals surface area contributed by atoms with Crippen molar-refractivity contribution in [2.75, 3.05) is 18.1 Å². The molecular formula is C16H22N2OS. The molecule has 20 heavy (non-hydrogen) atoms. The van der Waals surface area contributed by atoms with Crippen LogP contribution in [0.15, 0.2) is 18.2 Å². The van der Waals surface area contributed by atoms with Gasteiger partial charge in [0.25, 0.3) is 5.91 Å². The molecule has 0 fully saturated rings. The average molecular weight is 290 g/mol. The minimum Gasteiger partial charge on any atom is -0.349 e. The molecule has 0 radical (unpaired) electrons. The Morgan fingerprint density at radius 2 is 2.25 bits per heavy atom. The Balaban J connectivity index is 2.86. The van der Waals surface area contributed by atoms with Crippen LogP contribution in [0.3, 0.4) is 0 Å². The Bertz CT molecular complexity index is 517. The van der Waals surface area contributed by atoms with E-state index in [-0.39, 0.29) is 11.9 Å². The summed E-state index contributed by atoms with van der Waals surface area (Å²) in [5, 5.41) is 3.01. The minimum atomic E-state index is -0.0736. The summed E-state index contributed by atoms with van der Waals surface area (Å²) in [5.74, 6) is 7.67. The Kier molecular flexibility index (Phi) is 7.21. The molecule has 0 spiro atoms. The molecule has 108 valence electrons. The van der Waals surface area contributed by atoms with Crippen LogP contribution in [0.4, 0.5) is 0 Å². The fourth-order valence-corrected chi connectivity index (χ4v) is 2.42. The summed E-state index contributed by atoms with van der Waals surface area (Å²) in [6.45, 7) is 6.40. The van der Waals surface area contributed by atoms with Crippen molar-refractivity contribution in [1.82, 2.24) is 5.32 Å². The van der Waals surface area contributed by atoms with E-state index in [0.29, 0.717) is 12.1 Å². The molecular weight excluding hydrogens is 268 g/mol. The SMILES string of the molecule is CCSCC(C)NC(=O)c1ccc(C)cc1C#CCN. The van der Waals surface area contributed by atoms with Gasteiger partial charge in [-0.3, -0.25) is 4.79 Å². The summed E-state index contributed by atoms with van der Waals surface area (Å²) in [6, 6.07) is 5.81. The topological polar surface area (TPSA) is 55.1 Å². The number of carbonyl (C=O) groups is 1. The molecule has 0 heterocycles. The zero-order chi connectivity index (χ0) is 15.0. The first-order chi connectivity index (χ1) is 9.58. The summed E-state index contributed by atoms with van der Waals surface area (Å²) >= 11 is 1.81. The highest BCUT2D eigenvalue weighted by Crippen LogP contribution is 2.11. The third kappa shape index (κ3) is 5.28. The maximum absolute atomic E-state index is 12.3. The van der Waals surface area contributed by atoms with E-state index < -0.39 is 0 Å². The van der Waals surface area contributed by atoms with E-state index in [1.165, 1.54) is 0 Å². The van der Waals surface area contributed by atoms with E-state index in [4.69, 9.17) is 5.73 Å². The van der Waals surface area contributed by atoms with Gasteiger partial charge in [-0.2, -0.15) is 11.8 Å². The van der Waals surface area contributed by atoms with Crippen molar-refractivity contribution >= 4 is 17.7 Å². The van der Waals surface area contributed by atoms with Crippen molar-refractivity contribution in [2.24, 2.45) is 5.73 Å². The predicted octanol–water partition coefficient (Wildman–Crippen LogP) is 2.18. The highest BCUT2D eigenvalue weighted by Gasteiger charge is 2.13.